The molecule has 4 nitrogen and oxygen atoms in total. The lowest BCUT2D eigenvalue weighted by molar-refractivity contribution is -0.278. The summed E-state index contributed by atoms with van der Waals surface area (Å²) >= 11 is 0. The first kappa shape index (κ1) is 9.64. The molecule has 1 saturated heterocycles. The Balaban J connectivity index is 1.84. The maximum absolute atomic E-state index is 9.95. The van der Waals surface area contributed by atoms with Crippen LogP contribution in [0, 0.1) is 0 Å². The van der Waals surface area contributed by atoms with Gasteiger partial charge in [-0.3, -0.25) is 0 Å². The number of unbranched alkanes of at least 4 members (excludes halogenated alkanes) is 3. The number of carbonyl (C=O) groups excluding carboxylic acids is 1. The predicted octanol–water partition coefficient (Wildman–Crippen LogP) is 1.40. The van der Waals surface area contributed by atoms with Crippen molar-refractivity contribution in [2.75, 3.05) is 6.79 Å². The number of carbonyl (C=O) groups is 1. The summed E-state index contributed by atoms with van der Waals surface area (Å²) < 4.78 is 5.05. The predicted molar refractivity (Wildman–Crippen MR) is 41.1 cm³/mol. The summed E-state index contributed by atoms with van der Waals surface area (Å²) in [5.74, 6) is 0. The second-order valence-electron chi connectivity index (χ2n) is 2.73. The zero-order valence-electron chi connectivity index (χ0n) is 7.03. The standard InChI is InChI=1S/C8H14O4/c9-6-4-2-1-3-5-8-10-7-11-12-8/h6,8H,1-5,7H2. The molecule has 0 radical (unpaired) electrons. The third-order valence-corrected chi connectivity index (χ3v) is 1.74. The Hall–Kier alpha value is -0.450. The van der Waals surface area contributed by atoms with Crippen LogP contribution in [0.4, 0.5) is 0 Å². The minimum Gasteiger partial charge on any atom is -0.320 e. The van der Waals surface area contributed by atoms with E-state index < -0.39 is 0 Å². The van der Waals surface area contributed by atoms with E-state index in [2.05, 4.69) is 4.89 Å². The van der Waals surface area contributed by atoms with Crippen LogP contribution in [0.1, 0.15) is 32.1 Å². The molecule has 1 aliphatic heterocycles. The molecule has 0 aliphatic carbocycles. The second kappa shape index (κ2) is 6.11. The van der Waals surface area contributed by atoms with Gasteiger partial charge in [0.15, 0.2) is 13.1 Å². The molecule has 0 N–H and O–H groups in total. The summed E-state index contributed by atoms with van der Waals surface area (Å²) in [5.41, 5.74) is 0. The van der Waals surface area contributed by atoms with E-state index in [1.165, 1.54) is 0 Å². The molecule has 1 atom stereocenters. The Morgan fingerprint density at radius 1 is 1.33 bits per heavy atom. The fourth-order valence-corrected chi connectivity index (χ4v) is 1.08. The molecule has 12 heavy (non-hydrogen) atoms. The molecule has 0 spiro atoms. The highest BCUT2D eigenvalue weighted by Gasteiger charge is 2.16. The maximum Gasteiger partial charge on any atom is 0.194 e. The number of hydrogen-bond acceptors (Lipinski definition) is 4. The fourth-order valence-electron chi connectivity index (χ4n) is 1.08. The van der Waals surface area contributed by atoms with Crippen LogP contribution in [0.3, 0.4) is 0 Å². The molecule has 0 saturated carbocycles. The SMILES string of the molecule is O=CCCCCCC1OCOO1. The highest BCUT2D eigenvalue weighted by atomic mass is 17.3. The number of rotatable bonds is 6. The van der Waals surface area contributed by atoms with Crippen LogP contribution in [0.2, 0.25) is 0 Å². The Morgan fingerprint density at radius 2 is 2.25 bits per heavy atom. The minimum absolute atomic E-state index is 0.193. The van der Waals surface area contributed by atoms with Gasteiger partial charge in [0.25, 0.3) is 0 Å². The fraction of sp³-hybridized carbons (Fsp3) is 0.875. The van der Waals surface area contributed by atoms with Crippen LogP contribution < -0.4 is 0 Å². The maximum atomic E-state index is 9.95. The highest BCUT2D eigenvalue weighted by molar-refractivity contribution is 5.48. The van der Waals surface area contributed by atoms with E-state index >= 15 is 0 Å². The van der Waals surface area contributed by atoms with Crippen molar-refractivity contribution >= 4 is 6.29 Å². The molecule has 0 amide bonds. The zero-order valence-corrected chi connectivity index (χ0v) is 7.03. The molecule has 0 aromatic carbocycles. The van der Waals surface area contributed by atoms with Crippen molar-refractivity contribution in [2.45, 2.75) is 38.4 Å². The van der Waals surface area contributed by atoms with Crippen LogP contribution >= 0.6 is 0 Å². The first-order valence-electron chi connectivity index (χ1n) is 4.27. The van der Waals surface area contributed by atoms with Crippen molar-refractivity contribution in [2.24, 2.45) is 0 Å². The molecule has 0 aromatic heterocycles. The number of ether oxygens (including phenoxy) is 1. The van der Waals surface area contributed by atoms with E-state index in [0.717, 1.165) is 32.0 Å². The van der Waals surface area contributed by atoms with E-state index in [9.17, 15) is 4.79 Å². The van der Waals surface area contributed by atoms with Crippen molar-refractivity contribution in [3.8, 4) is 0 Å². The van der Waals surface area contributed by atoms with Crippen molar-refractivity contribution in [1.29, 1.82) is 0 Å². The molecule has 4 heteroatoms. The largest absolute Gasteiger partial charge is 0.320 e. The van der Waals surface area contributed by atoms with Crippen molar-refractivity contribution in [1.82, 2.24) is 0 Å². The lowest BCUT2D eigenvalue weighted by Crippen LogP contribution is -2.06. The van der Waals surface area contributed by atoms with Gasteiger partial charge >= 0.3 is 0 Å². The first-order valence-corrected chi connectivity index (χ1v) is 4.27. The summed E-state index contributed by atoms with van der Waals surface area (Å²) in [6.07, 6.45) is 5.27. The molecular weight excluding hydrogens is 160 g/mol. The number of hydrogen-bond donors (Lipinski definition) is 0. The van der Waals surface area contributed by atoms with E-state index in [4.69, 9.17) is 9.62 Å². The van der Waals surface area contributed by atoms with Gasteiger partial charge in [-0.15, -0.1) is 0 Å². The van der Waals surface area contributed by atoms with Crippen molar-refractivity contribution < 1.29 is 19.3 Å². The summed E-state index contributed by atoms with van der Waals surface area (Å²) in [6, 6.07) is 0. The minimum atomic E-state index is -0.193. The summed E-state index contributed by atoms with van der Waals surface area (Å²) in [6.45, 7) is 0.235. The van der Waals surface area contributed by atoms with Gasteiger partial charge in [-0.05, 0) is 12.8 Å². The quantitative estimate of drug-likeness (QED) is 0.347. The van der Waals surface area contributed by atoms with Gasteiger partial charge < -0.3 is 9.53 Å². The average molecular weight is 174 g/mol. The van der Waals surface area contributed by atoms with Crippen LogP contribution in [0.15, 0.2) is 0 Å². The van der Waals surface area contributed by atoms with E-state index in [-0.39, 0.29) is 13.1 Å². The number of aldehydes is 1. The van der Waals surface area contributed by atoms with Gasteiger partial charge in [0, 0.05) is 12.8 Å². The normalized spacial score (nSPS) is 22.8. The lowest BCUT2D eigenvalue weighted by Gasteiger charge is -2.04. The van der Waals surface area contributed by atoms with Gasteiger partial charge in [-0.25, -0.2) is 9.78 Å². The summed E-state index contributed by atoms with van der Waals surface area (Å²) in [7, 11) is 0. The monoisotopic (exact) mass is 174 g/mol. The molecule has 1 heterocycles. The van der Waals surface area contributed by atoms with Crippen LogP contribution in [0.5, 0.6) is 0 Å². The summed E-state index contributed by atoms with van der Waals surface area (Å²) in [5, 5.41) is 0. The van der Waals surface area contributed by atoms with E-state index in [0.29, 0.717) is 6.42 Å². The third-order valence-electron chi connectivity index (χ3n) is 1.74. The summed E-state index contributed by atoms with van der Waals surface area (Å²) in [4.78, 5) is 19.3. The smallest absolute Gasteiger partial charge is 0.194 e. The molecule has 0 bridgehead atoms. The molecule has 1 fully saturated rings. The third kappa shape index (κ3) is 3.80. The Morgan fingerprint density at radius 3 is 2.92 bits per heavy atom. The van der Waals surface area contributed by atoms with Gasteiger partial charge in [0.05, 0.1) is 0 Å². The van der Waals surface area contributed by atoms with Gasteiger partial charge in [-0.1, -0.05) is 6.42 Å². The van der Waals surface area contributed by atoms with Crippen LogP contribution in [-0.4, -0.2) is 19.4 Å². The Kier molecular flexibility index (Phi) is 4.91. The first-order chi connectivity index (χ1) is 5.93. The highest BCUT2D eigenvalue weighted by Crippen LogP contribution is 2.13. The Bertz CT molecular complexity index is 120. The molecule has 1 unspecified atom stereocenters. The molecule has 70 valence electrons. The zero-order chi connectivity index (χ0) is 8.65. The molecular formula is C8H14O4. The molecule has 1 aliphatic rings. The average Bonchev–Trinajstić information content (AvgIpc) is 2.57. The van der Waals surface area contributed by atoms with E-state index in [1.807, 2.05) is 0 Å². The van der Waals surface area contributed by atoms with Gasteiger partial charge in [-0.2, -0.15) is 0 Å². The van der Waals surface area contributed by atoms with Crippen LogP contribution in [0.25, 0.3) is 0 Å². The lowest BCUT2D eigenvalue weighted by atomic mass is 10.1. The topological polar surface area (TPSA) is 44.8 Å². The Labute approximate surface area is 71.7 Å². The molecule has 0 aromatic rings. The van der Waals surface area contributed by atoms with Crippen LogP contribution in [-0.2, 0) is 19.3 Å². The second-order valence-corrected chi connectivity index (χ2v) is 2.73. The van der Waals surface area contributed by atoms with Gasteiger partial charge in [0.1, 0.15) is 6.29 Å². The van der Waals surface area contributed by atoms with Gasteiger partial charge in [0.2, 0.25) is 0 Å². The van der Waals surface area contributed by atoms with Crippen molar-refractivity contribution in [3.05, 3.63) is 0 Å². The molecule has 1 rings (SSSR count). The van der Waals surface area contributed by atoms with E-state index in [1.54, 1.807) is 0 Å². The van der Waals surface area contributed by atoms with Crippen molar-refractivity contribution in [3.63, 3.8) is 0 Å².